The highest BCUT2D eigenvalue weighted by Crippen LogP contribution is 2.35. The Bertz CT molecular complexity index is 1080. The highest BCUT2D eigenvalue weighted by molar-refractivity contribution is 5.96. The lowest BCUT2D eigenvalue weighted by molar-refractivity contribution is 0.0580. The van der Waals surface area contributed by atoms with E-state index in [4.69, 9.17) is 0 Å². The molecule has 1 saturated carbocycles. The molecule has 34 heavy (non-hydrogen) atoms. The van der Waals surface area contributed by atoms with E-state index in [0.29, 0.717) is 18.8 Å². The molecule has 1 aliphatic carbocycles. The van der Waals surface area contributed by atoms with Crippen molar-refractivity contribution in [2.24, 2.45) is 0 Å². The zero-order valence-corrected chi connectivity index (χ0v) is 21.9. The average molecular weight is 468 g/mol. The largest absolute Gasteiger partial charge is 0.501 e. The van der Waals surface area contributed by atoms with E-state index in [1.807, 2.05) is 11.8 Å². The molecule has 1 aliphatic heterocycles. The summed E-state index contributed by atoms with van der Waals surface area (Å²) in [5.74, 6) is -0.225. The molecular formula is C28H41N3O3. The smallest absolute Gasteiger partial charge is 0.315 e. The fourth-order valence-corrected chi connectivity index (χ4v) is 4.91. The first-order valence-corrected chi connectivity index (χ1v) is 12.7. The molecule has 1 aromatic carbocycles. The molecule has 0 saturated heterocycles. The van der Waals surface area contributed by atoms with E-state index < -0.39 is 11.3 Å². The Kier molecular flexibility index (Phi) is 7.89. The third-order valence-corrected chi connectivity index (χ3v) is 6.85. The van der Waals surface area contributed by atoms with Crippen LogP contribution in [0.4, 0.5) is 0 Å². The van der Waals surface area contributed by atoms with E-state index >= 15 is 0 Å². The van der Waals surface area contributed by atoms with E-state index in [1.165, 1.54) is 36.0 Å². The number of amides is 1. The summed E-state index contributed by atoms with van der Waals surface area (Å²) in [7, 11) is 0. The number of carbonyl (C=O) groups is 1. The molecule has 1 N–H and O–H groups in total. The third kappa shape index (κ3) is 5.53. The summed E-state index contributed by atoms with van der Waals surface area (Å²) in [6.07, 6.45) is 6.55. The minimum Gasteiger partial charge on any atom is -0.501 e. The van der Waals surface area contributed by atoms with Gasteiger partial charge in [-0.15, -0.1) is 0 Å². The average Bonchev–Trinajstić information content (AvgIpc) is 3.57. The zero-order chi connectivity index (χ0) is 25.2. The van der Waals surface area contributed by atoms with Gasteiger partial charge in [0.1, 0.15) is 5.82 Å². The van der Waals surface area contributed by atoms with Crippen LogP contribution in [0.1, 0.15) is 99.7 Å². The number of hydrogen-bond acceptors (Lipinski definition) is 4. The molecule has 6 heteroatoms. The van der Waals surface area contributed by atoms with Gasteiger partial charge >= 0.3 is 5.56 Å². The van der Waals surface area contributed by atoms with Crippen molar-refractivity contribution in [1.29, 1.82) is 0 Å². The lowest BCUT2D eigenvalue weighted by Gasteiger charge is -2.37. The van der Waals surface area contributed by atoms with Crippen molar-refractivity contribution in [3.8, 4) is 5.75 Å². The molecule has 1 unspecified atom stereocenters. The van der Waals surface area contributed by atoms with Gasteiger partial charge in [-0.2, -0.15) is 4.98 Å². The molecule has 0 spiro atoms. The summed E-state index contributed by atoms with van der Waals surface area (Å²) >= 11 is 0. The number of aromatic nitrogens is 2. The zero-order valence-electron chi connectivity index (χ0n) is 21.9. The van der Waals surface area contributed by atoms with Gasteiger partial charge in [0.2, 0.25) is 5.75 Å². The first-order chi connectivity index (χ1) is 16.0. The molecule has 4 rings (SSSR count). The number of unbranched alkanes of at least 4 members (excludes halogenated alkanes) is 2. The summed E-state index contributed by atoms with van der Waals surface area (Å²) in [4.78, 5) is 31.6. The quantitative estimate of drug-likeness (QED) is 0.626. The maximum Gasteiger partial charge on any atom is 0.315 e. The van der Waals surface area contributed by atoms with Gasteiger partial charge in [-0.05, 0) is 44.6 Å². The van der Waals surface area contributed by atoms with Crippen molar-refractivity contribution in [3.63, 3.8) is 0 Å². The first-order valence-electron chi connectivity index (χ1n) is 12.7. The summed E-state index contributed by atoms with van der Waals surface area (Å²) in [5, 5.41) is 10.4. The fourth-order valence-electron chi connectivity index (χ4n) is 4.91. The van der Waals surface area contributed by atoms with Gasteiger partial charge in [0.15, 0.2) is 5.69 Å². The lowest BCUT2D eigenvalue weighted by Crippen LogP contribution is -2.50. The Morgan fingerprint density at radius 2 is 1.65 bits per heavy atom. The number of hydrogen-bond donors (Lipinski definition) is 1. The SMILES string of the molecule is CCCCC.Cc1cc(C)cc(C(C)(C)Cc2nc(=O)c(O)c3n2CC(C)N(C2CC2)C3=O)c1. The second kappa shape index (κ2) is 10.3. The van der Waals surface area contributed by atoms with Crippen molar-refractivity contribution in [2.45, 2.75) is 111 Å². The molecule has 2 aromatic rings. The monoisotopic (exact) mass is 467 g/mol. The van der Waals surface area contributed by atoms with Gasteiger partial charge in [0.05, 0.1) is 0 Å². The third-order valence-electron chi connectivity index (χ3n) is 6.85. The molecule has 1 atom stereocenters. The lowest BCUT2D eigenvalue weighted by atomic mass is 9.80. The minimum atomic E-state index is -0.721. The summed E-state index contributed by atoms with van der Waals surface area (Å²) < 4.78 is 1.77. The topological polar surface area (TPSA) is 75.4 Å². The Morgan fingerprint density at radius 3 is 2.15 bits per heavy atom. The van der Waals surface area contributed by atoms with Crippen LogP contribution in [-0.4, -0.2) is 37.5 Å². The minimum absolute atomic E-state index is 0.00859. The fraction of sp³-hybridized carbons (Fsp3) is 0.607. The molecule has 0 bridgehead atoms. The maximum atomic E-state index is 13.1. The van der Waals surface area contributed by atoms with Crippen LogP contribution < -0.4 is 5.56 Å². The van der Waals surface area contributed by atoms with Crippen molar-refractivity contribution in [3.05, 3.63) is 56.8 Å². The molecule has 1 aromatic heterocycles. The van der Waals surface area contributed by atoms with Crippen molar-refractivity contribution in [2.75, 3.05) is 0 Å². The molecule has 1 amide bonds. The van der Waals surface area contributed by atoms with Crippen LogP contribution in [-0.2, 0) is 18.4 Å². The number of rotatable bonds is 6. The second-order valence-electron chi connectivity index (χ2n) is 10.7. The number of carbonyl (C=O) groups excluding carboxylic acids is 1. The normalized spacial score (nSPS) is 17.8. The summed E-state index contributed by atoms with van der Waals surface area (Å²) in [6, 6.07) is 6.69. The van der Waals surface area contributed by atoms with E-state index in [-0.39, 0.29) is 29.1 Å². The second-order valence-corrected chi connectivity index (χ2v) is 10.7. The molecule has 2 heterocycles. The number of fused-ring (bicyclic) bond motifs is 1. The van der Waals surface area contributed by atoms with Crippen LogP contribution in [0.25, 0.3) is 0 Å². The van der Waals surface area contributed by atoms with Crippen molar-refractivity contribution < 1.29 is 9.90 Å². The van der Waals surface area contributed by atoms with Gasteiger partial charge in [-0.25, -0.2) is 0 Å². The van der Waals surface area contributed by atoms with Crippen molar-refractivity contribution in [1.82, 2.24) is 14.5 Å². The molecule has 6 nitrogen and oxygen atoms in total. The van der Waals surface area contributed by atoms with Gasteiger partial charge in [-0.3, -0.25) is 9.59 Å². The van der Waals surface area contributed by atoms with Crippen molar-refractivity contribution >= 4 is 5.91 Å². The van der Waals surface area contributed by atoms with Crippen LogP contribution in [0.5, 0.6) is 5.75 Å². The predicted octanol–water partition coefficient (Wildman–Crippen LogP) is 5.29. The standard InChI is InChI=1S/C23H29N3O3.C5H12/c1-13-8-14(2)10-16(9-13)23(4,5)11-18-24-21(28)20(27)19-22(29)26(17-6-7-17)15(3)12-25(18)19;1-3-5-4-2/h8-10,15,17,27H,6-7,11-12H2,1-5H3;3-5H2,1-2H3. The molecule has 186 valence electrons. The van der Waals surface area contributed by atoms with E-state index in [0.717, 1.165) is 12.8 Å². The van der Waals surface area contributed by atoms with Crippen LogP contribution >= 0.6 is 0 Å². The Labute approximate surface area is 204 Å². The Morgan fingerprint density at radius 1 is 1.06 bits per heavy atom. The highest BCUT2D eigenvalue weighted by atomic mass is 16.3. The predicted molar refractivity (Wildman–Crippen MR) is 137 cm³/mol. The number of nitrogens with zero attached hydrogens (tertiary/aromatic N) is 3. The van der Waals surface area contributed by atoms with Gasteiger partial charge in [-0.1, -0.05) is 76.3 Å². The summed E-state index contributed by atoms with van der Waals surface area (Å²) in [5.41, 5.74) is 2.64. The highest BCUT2D eigenvalue weighted by Gasteiger charge is 2.42. The van der Waals surface area contributed by atoms with Gasteiger partial charge < -0.3 is 14.6 Å². The maximum absolute atomic E-state index is 13.1. The van der Waals surface area contributed by atoms with Crippen LogP contribution in [0.3, 0.4) is 0 Å². The first kappa shape index (κ1) is 26.0. The van der Waals surface area contributed by atoms with Crippen LogP contribution in [0, 0.1) is 13.8 Å². The number of aromatic hydroxyl groups is 1. The molecule has 1 fully saturated rings. The Hall–Kier alpha value is -2.63. The summed E-state index contributed by atoms with van der Waals surface area (Å²) in [6.45, 7) is 15.4. The number of aryl methyl sites for hydroxylation is 2. The van der Waals surface area contributed by atoms with Crippen LogP contribution in [0.2, 0.25) is 0 Å². The van der Waals surface area contributed by atoms with Gasteiger partial charge in [0, 0.05) is 25.0 Å². The molecule has 2 aliphatic rings. The molecule has 0 radical (unpaired) electrons. The van der Waals surface area contributed by atoms with Crippen LogP contribution in [0.15, 0.2) is 23.0 Å². The van der Waals surface area contributed by atoms with E-state index in [2.05, 4.69) is 64.7 Å². The molecular weight excluding hydrogens is 426 g/mol. The van der Waals surface area contributed by atoms with E-state index in [1.54, 1.807) is 4.57 Å². The van der Waals surface area contributed by atoms with E-state index in [9.17, 15) is 14.7 Å². The Balaban J connectivity index is 0.000000588. The van der Waals surface area contributed by atoms with Gasteiger partial charge in [0.25, 0.3) is 5.91 Å². The number of benzene rings is 1.